The van der Waals surface area contributed by atoms with Crippen LogP contribution in [0.4, 0.5) is 34.1 Å². The number of hydrogen-bond donors (Lipinski definition) is 0. The Balaban J connectivity index is 1.29. The molecular weight excluding hydrogens is 787 g/mol. The highest BCUT2D eigenvalue weighted by Crippen LogP contribution is 2.48. The Morgan fingerprint density at radius 1 is 0.431 bits per heavy atom. The average Bonchev–Trinajstić information content (AvgIpc) is 3.94. The number of anilines is 6. The molecular formula is C60H59BN4. The lowest BCUT2D eigenvalue weighted by atomic mass is 9.34. The van der Waals surface area contributed by atoms with Gasteiger partial charge < -0.3 is 18.9 Å². The minimum atomic E-state index is -0.106. The molecule has 7 aromatic carbocycles. The van der Waals surface area contributed by atoms with Crippen molar-refractivity contribution in [3.05, 3.63) is 187 Å². The zero-order chi connectivity index (χ0) is 45.0. The maximum atomic E-state index is 2.70. The van der Waals surface area contributed by atoms with Crippen molar-refractivity contribution in [2.75, 3.05) is 9.80 Å². The van der Waals surface area contributed by atoms with Gasteiger partial charge in [-0.1, -0.05) is 147 Å². The molecule has 4 nitrogen and oxygen atoms in total. The Morgan fingerprint density at radius 2 is 0.769 bits per heavy atom. The SMILES string of the molecule is CCC(C)(C)c1cc2c(N(c3ccccc3)c3ccccc3)ccc3c2n1-c1cc(C(C)(C)C)cc2c1B3c1ccc(N(c3ccccc3)c3ccccc3)c3cc(C(C)(C)CC)n-2c13. The van der Waals surface area contributed by atoms with Crippen LogP contribution in [0.1, 0.15) is 92.1 Å². The summed E-state index contributed by atoms with van der Waals surface area (Å²) < 4.78 is 5.40. The first-order chi connectivity index (χ1) is 31.3. The number of rotatable bonds is 10. The van der Waals surface area contributed by atoms with E-state index in [1.807, 2.05) is 0 Å². The van der Waals surface area contributed by atoms with Crippen LogP contribution in [0.3, 0.4) is 0 Å². The monoisotopic (exact) mass is 846 g/mol. The van der Waals surface area contributed by atoms with Crippen molar-refractivity contribution in [2.45, 2.75) is 91.4 Å². The van der Waals surface area contributed by atoms with Crippen LogP contribution in [0, 0.1) is 0 Å². The number of aromatic nitrogens is 2. The van der Waals surface area contributed by atoms with E-state index in [0.717, 1.165) is 35.6 Å². The number of nitrogens with zero attached hydrogens (tertiary/aromatic N) is 4. The van der Waals surface area contributed by atoms with Gasteiger partial charge >= 0.3 is 0 Å². The number of para-hydroxylation sites is 4. The summed E-state index contributed by atoms with van der Waals surface area (Å²) in [4.78, 5) is 4.91. The molecule has 0 N–H and O–H groups in total. The molecule has 0 amide bonds. The first-order valence-corrected chi connectivity index (χ1v) is 23.7. The van der Waals surface area contributed by atoms with Crippen LogP contribution in [-0.4, -0.2) is 15.8 Å². The molecule has 0 saturated carbocycles. The fraction of sp³-hybridized carbons (Fsp3) is 0.233. The average molecular weight is 847 g/mol. The van der Waals surface area contributed by atoms with Gasteiger partial charge in [0.2, 0.25) is 0 Å². The van der Waals surface area contributed by atoms with E-state index >= 15 is 0 Å². The van der Waals surface area contributed by atoms with Gasteiger partial charge in [-0.15, -0.1) is 0 Å². The van der Waals surface area contributed by atoms with E-state index < -0.39 is 0 Å². The first kappa shape index (κ1) is 41.0. The third kappa shape index (κ3) is 6.26. The molecule has 0 atom stereocenters. The minimum Gasteiger partial charge on any atom is -0.314 e. The summed E-state index contributed by atoms with van der Waals surface area (Å²) >= 11 is 0. The molecule has 322 valence electrons. The van der Waals surface area contributed by atoms with Crippen LogP contribution in [0.25, 0.3) is 33.2 Å². The van der Waals surface area contributed by atoms with Crippen molar-refractivity contribution >= 4 is 79.0 Å². The zero-order valence-electron chi connectivity index (χ0n) is 39.4. The van der Waals surface area contributed by atoms with Crippen LogP contribution in [0.15, 0.2) is 170 Å². The second-order valence-corrected chi connectivity index (χ2v) is 20.7. The maximum absolute atomic E-state index is 2.70. The molecule has 0 radical (unpaired) electrons. The molecule has 0 aliphatic carbocycles. The molecule has 4 heterocycles. The fourth-order valence-electron chi connectivity index (χ4n) is 10.7. The van der Waals surface area contributed by atoms with Crippen molar-refractivity contribution in [1.82, 2.24) is 9.13 Å². The maximum Gasteiger partial charge on any atom is 0.252 e. The molecule has 9 aromatic rings. The summed E-state index contributed by atoms with van der Waals surface area (Å²) in [6.45, 7) is 21.6. The lowest BCUT2D eigenvalue weighted by Crippen LogP contribution is -2.60. The van der Waals surface area contributed by atoms with Gasteiger partial charge in [0, 0.05) is 67.1 Å². The number of benzene rings is 7. The summed E-state index contributed by atoms with van der Waals surface area (Å²) in [5.74, 6) is 0. The predicted molar refractivity (Wildman–Crippen MR) is 279 cm³/mol. The third-order valence-electron chi connectivity index (χ3n) is 15.0. The van der Waals surface area contributed by atoms with Gasteiger partial charge in [0.25, 0.3) is 6.71 Å². The fourth-order valence-corrected chi connectivity index (χ4v) is 10.7. The molecule has 2 aromatic heterocycles. The highest BCUT2D eigenvalue weighted by Gasteiger charge is 2.44. The van der Waals surface area contributed by atoms with E-state index in [0.29, 0.717) is 0 Å². The highest BCUT2D eigenvalue weighted by molar-refractivity contribution is 7.00. The van der Waals surface area contributed by atoms with Gasteiger partial charge in [0.1, 0.15) is 0 Å². The molecule has 11 rings (SSSR count). The highest BCUT2D eigenvalue weighted by atomic mass is 15.2. The molecule has 5 heteroatoms. The van der Waals surface area contributed by atoms with Crippen LogP contribution in [0.2, 0.25) is 0 Å². The Bertz CT molecular complexity index is 2970. The third-order valence-corrected chi connectivity index (χ3v) is 15.0. The topological polar surface area (TPSA) is 16.3 Å². The van der Waals surface area contributed by atoms with Gasteiger partial charge in [-0.2, -0.15) is 0 Å². The van der Waals surface area contributed by atoms with Crippen molar-refractivity contribution in [1.29, 1.82) is 0 Å². The largest absolute Gasteiger partial charge is 0.314 e. The summed E-state index contributed by atoms with van der Waals surface area (Å²) in [5, 5.41) is 2.56. The molecule has 0 fully saturated rings. The lowest BCUT2D eigenvalue weighted by Gasteiger charge is -2.39. The Labute approximate surface area is 385 Å². The predicted octanol–water partition coefficient (Wildman–Crippen LogP) is 14.3. The van der Waals surface area contributed by atoms with E-state index in [1.54, 1.807) is 0 Å². The minimum absolute atomic E-state index is 0.0193. The van der Waals surface area contributed by atoms with E-state index in [1.165, 1.54) is 77.9 Å². The van der Waals surface area contributed by atoms with Crippen LogP contribution in [-0.2, 0) is 16.2 Å². The van der Waals surface area contributed by atoms with Crippen LogP contribution < -0.4 is 26.2 Å². The lowest BCUT2D eigenvalue weighted by molar-refractivity contribution is 0.482. The van der Waals surface area contributed by atoms with E-state index in [4.69, 9.17) is 0 Å². The van der Waals surface area contributed by atoms with E-state index in [-0.39, 0.29) is 23.0 Å². The van der Waals surface area contributed by atoms with Crippen molar-refractivity contribution in [3.8, 4) is 11.4 Å². The quantitative estimate of drug-likeness (QED) is 0.128. The van der Waals surface area contributed by atoms with Gasteiger partial charge in [-0.3, -0.25) is 0 Å². The summed E-state index contributed by atoms with van der Waals surface area (Å²) in [6, 6.07) is 63.5. The van der Waals surface area contributed by atoms with Crippen molar-refractivity contribution < 1.29 is 0 Å². The number of hydrogen-bond acceptors (Lipinski definition) is 2. The standard InChI is InChI=1S/C60H59BN4/c1-10-59(6,7)53-38-45-49(62(41-24-16-12-17-25-41)42-26-18-13-19-27-42)34-32-47-56(45)64(53)51-36-40(58(3,4)5)37-52-55(51)61(47)48-33-35-50(46-39-54(60(8,9)11-2)65(52)57(46)48)63(43-28-20-14-21-29-43)44-30-22-15-23-31-44/h12-39H,10-11H2,1-9H3. The summed E-state index contributed by atoms with van der Waals surface area (Å²) in [7, 11) is 0. The zero-order valence-corrected chi connectivity index (χ0v) is 39.4. The molecule has 0 saturated heterocycles. The number of fused-ring (bicyclic) bond motifs is 4. The molecule has 0 spiro atoms. The molecule has 0 unspecified atom stereocenters. The first-order valence-electron chi connectivity index (χ1n) is 23.7. The second kappa shape index (κ2) is 14.9. The van der Waals surface area contributed by atoms with Gasteiger partial charge in [0.15, 0.2) is 0 Å². The summed E-state index contributed by atoms with van der Waals surface area (Å²) in [5.41, 5.74) is 20.1. The molecule has 2 aliphatic heterocycles. The Kier molecular flexibility index (Phi) is 9.42. The van der Waals surface area contributed by atoms with Crippen molar-refractivity contribution in [3.63, 3.8) is 0 Å². The summed E-state index contributed by atoms with van der Waals surface area (Å²) in [6.07, 6.45) is 2.02. The normalized spacial score (nSPS) is 13.1. The molecule has 0 bridgehead atoms. The Hall–Kier alpha value is -6.72. The van der Waals surface area contributed by atoms with E-state index in [2.05, 4.69) is 251 Å². The van der Waals surface area contributed by atoms with Crippen LogP contribution in [0.5, 0.6) is 0 Å². The van der Waals surface area contributed by atoms with Crippen LogP contribution >= 0.6 is 0 Å². The van der Waals surface area contributed by atoms with Gasteiger partial charge in [-0.05, 0) is 125 Å². The van der Waals surface area contributed by atoms with E-state index in [9.17, 15) is 0 Å². The Morgan fingerprint density at radius 3 is 1.08 bits per heavy atom. The van der Waals surface area contributed by atoms with Gasteiger partial charge in [-0.25, -0.2) is 0 Å². The van der Waals surface area contributed by atoms with Crippen molar-refractivity contribution in [2.24, 2.45) is 0 Å². The second-order valence-electron chi connectivity index (χ2n) is 20.7. The smallest absolute Gasteiger partial charge is 0.252 e. The molecule has 2 aliphatic rings. The molecule has 65 heavy (non-hydrogen) atoms. The van der Waals surface area contributed by atoms with Gasteiger partial charge in [0.05, 0.1) is 22.4 Å².